The summed E-state index contributed by atoms with van der Waals surface area (Å²) in [5.74, 6) is -1.62. The van der Waals surface area contributed by atoms with Crippen LogP contribution >= 0.6 is 0 Å². The van der Waals surface area contributed by atoms with E-state index in [2.05, 4.69) is 10.9 Å². The highest BCUT2D eigenvalue weighted by atomic mass is 16.4. The van der Waals surface area contributed by atoms with Gasteiger partial charge in [0.05, 0.1) is 0 Å². The van der Waals surface area contributed by atoms with Gasteiger partial charge >= 0.3 is 5.97 Å². The van der Waals surface area contributed by atoms with E-state index >= 15 is 0 Å². The molecule has 0 fully saturated rings. The van der Waals surface area contributed by atoms with Gasteiger partial charge < -0.3 is 5.11 Å². The number of carbonyl (C=O) groups is 2. The van der Waals surface area contributed by atoms with Crippen LogP contribution in [-0.2, 0) is 9.59 Å². The second kappa shape index (κ2) is 5.43. The minimum Gasteiger partial charge on any atom is -0.478 e. The molecule has 0 unspecified atom stereocenters. The highest BCUT2D eigenvalue weighted by Gasteiger charge is 1.92. The average molecular weight is 158 g/mol. The summed E-state index contributed by atoms with van der Waals surface area (Å²) in [7, 11) is 0. The van der Waals surface area contributed by atoms with Gasteiger partial charge in [-0.15, -0.1) is 0 Å². The van der Waals surface area contributed by atoms with Crippen LogP contribution in [0, 0.1) is 0 Å². The summed E-state index contributed by atoms with van der Waals surface area (Å²) in [6.45, 7) is 2.40. The number of carbonyl (C=O) groups excluding carboxylic acids is 1. The molecule has 0 aromatic rings. The summed E-state index contributed by atoms with van der Waals surface area (Å²) in [4.78, 5) is 20.5. The van der Waals surface area contributed by atoms with Crippen LogP contribution in [0.1, 0.15) is 6.92 Å². The zero-order chi connectivity index (χ0) is 8.69. The topological polar surface area (TPSA) is 78.4 Å². The normalized spacial score (nSPS) is 9.91. The summed E-state index contributed by atoms with van der Waals surface area (Å²) >= 11 is 0. The minimum atomic E-state index is -1.14. The fourth-order valence-corrected chi connectivity index (χ4v) is 0.364. The van der Waals surface area contributed by atoms with Gasteiger partial charge in [0.15, 0.2) is 0 Å². The van der Waals surface area contributed by atoms with Crippen molar-refractivity contribution in [1.82, 2.24) is 10.9 Å². The summed E-state index contributed by atoms with van der Waals surface area (Å²) in [6, 6.07) is 0. The van der Waals surface area contributed by atoms with E-state index in [0.29, 0.717) is 6.54 Å². The van der Waals surface area contributed by atoms with Crippen molar-refractivity contribution in [3.05, 3.63) is 12.2 Å². The highest BCUT2D eigenvalue weighted by Crippen LogP contribution is 1.71. The summed E-state index contributed by atoms with van der Waals surface area (Å²) in [6.07, 6.45) is 1.71. The lowest BCUT2D eigenvalue weighted by atomic mass is 10.5. The molecule has 0 aliphatic rings. The van der Waals surface area contributed by atoms with Crippen LogP contribution < -0.4 is 10.9 Å². The Labute approximate surface area is 64.1 Å². The number of nitrogens with one attached hydrogen (secondary N) is 2. The monoisotopic (exact) mass is 158 g/mol. The van der Waals surface area contributed by atoms with Gasteiger partial charge in [-0.2, -0.15) is 0 Å². The zero-order valence-corrected chi connectivity index (χ0v) is 6.13. The van der Waals surface area contributed by atoms with Crippen molar-refractivity contribution in [2.75, 3.05) is 6.54 Å². The van der Waals surface area contributed by atoms with Crippen LogP contribution in [-0.4, -0.2) is 23.5 Å². The van der Waals surface area contributed by atoms with Crippen molar-refractivity contribution in [3.8, 4) is 0 Å². The van der Waals surface area contributed by atoms with E-state index in [1.54, 1.807) is 6.92 Å². The maximum absolute atomic E-state index is 10.6. The molecule has 0 aromatic carbocycles. The van der Waals surface area contributed by atoms with Gasteiger partial charge in [-0.25, -0.2) is 10.2 Å². The number of rotatable bonds is 4. The van der Waals surface area contributed by atoms with Gasteiger partial charge in [0.25, 0.3) is 5.91 Å². The lowest BCUT2D eigenvalue weighted by Crippen LogP contribution is -2.35. The summed E-state index contributed by atoms with van der Waals surface area (Å²) in [5.41, 5.74) is 4.78. The molecule has 0 rings (SSSR count). The Hall–Kier alpha value is -1.36. The first-order valence-corrected chi connectivity index (χ1v) is 3.10. The van der Waals surface area contributed by atoms with Crippen LogP contribution in [0.4, 0.5) is 0 Å². The first-order valence-electron chi connectivity index (χ1n) is 3.10. The first-order chi connectivity index (χ1) is 5.16. The molecule has 0 aliphatic heterocycles. The molecule has 0 saturated heterocycles. The average Bonchev–Trinajstić information content (AvgIpc) is 1.97. The molecule has 0 aromatic heterocycles. The second-order valence-electron chi connectivity index (χ2n) is 1.69. The van der Waals surface area contributed by atoms with E-state index < -0.39 is 11.9 Å². The van der Waals surface area contributed by atoms with Crippen molar-refractivity contribution < 1.29 is 14.7 Å². The quantitative estimate of drug-likeness (QED) is 0.372. The molecule has 5 nitrogen and oxygen atoms in total. The number of amides is 1. The highest BCUT2D eigenvalue weighted by molar-refractivity contribution is 5.93. The van der Waals surface area contributed by atoms with E-state index in [1.807, 2.05) is 0 Å². The third kappa shape index (κ3) is 6.53. The molecular weight excluding hydrogens is 148 g/mol. The van der Waals surface area contributed by atoms with Crippen molar-refractivity contribution in [1.29, 1.82) is 0 Å². The van der Waals surface area contributed by atoms with E-state index in [9.17, 15) is 9.59 Å². The molecule has 5 heteroatoms. The largest absolute Gasteiger partial charge is 0.478 e. The van der Waals surface area contributed by atoms with E-state index in [0.717, 1.165) is 12.2 Å². The zero-order valence-electron chi connectivity index (χ0n) is 6.13. The third-order valence-electron chi connectivity index (χ3n) is 0.766. The molecule has 0 spiro atoms. The van der Waals surface area contributed by atoms with Gasteiger partial charge in [0.2, 0.25) is 0 Å². The Bertz CT molecular complexity index is 177. The molecule has 1 amide bonds. The Balaban J connectivity index is 3.60. The molecule has 0 bridgehead atoms. The molecule has 11 heavy (non-hydrogen) atoms. The van der Waals surface area contributed by atoms with Crippen molar-refractivity contribution in [2.45, 2.75) is 6.92 Å². The van der Waals surface area contributed by atoms with Gasteiger partial charge in [-0.1, -0.05) is 6.92 Å². The Morgan fingerprint density at radius 2 is 2.09 bits per heavy atom. The van der Waals surface area contributed by atoms with E-state index in [1.165, 1.54) is 0 Å². The number of aliphatic carboxylic acids is 1. The number of carboxylic acid groups (broad SMARTS) is 1. The van der Waals surface area contributed by atoms with Gasteiger partial charge in [-0.05, 0) is 0 Å². The van der Waals surface area contributed by atoms with Crippen LogP contribution in [0.5, 0.6) is 0 Å². The summed E-state index contributed by atoms with van der Waals surface area (Å²) in [5, 5.41) is 8.10. The van der Waals surface area contributed by atoms with Gasteiger partial charge in [0, 0.05) is 18.7 Å². The fraction of sp³-hybridized carbons (Fsp3) is 0.333. The molecule has 0 heterocycles. The van der Waals surface area contributed by atoms with Gasteiger partial charge in [0.1, 0.15) is 0 Å². The molecular formula is C6H10N2O3. The van der Waals surface area contributed by atoms with Crippen molar-refractivity contribution in [2.24, 2.45) is 0 Å². The van der Waals surface area contributed by atoms with Crippen molar-refractivity contribution >= 4 is 11.9 Å². The second-order valence-corrected chi connectivity index (χ2v) is 1.69. The number of hydrogen-bond acceptors (Lipinski definition) is 3. The van der Waals surface area contributed by atoms with E-state index in [4.69, 9.17) is 5.11 Å². The molecule has 3 N–H and O–H groups in total. The van der Waals surface area contributed by atoms with Crippen LogP contribution in [0.2, 0.25) is 0 Å². The number of hydrogen-bond donors (Lipinski definition) is 3. The standard InChI is InChI=1S/C6H10N2O3/c1-2-7-8-5(9)3-4-6(10)11/h3-4,7H,2H2,1H3,(H,8,9)(H,10,11)/b4-3+. The Kier molecular flexibility index (Phi) is 4.76. The van der Waals surface area contributed by atoms with Crippen molar-refractivity contribution in [3.63, 3.8) is 0 Å². The lowest BCUT2D eigenvalue weighted by molar-refractivity contribution is -0.131. The minimum absolute atomic E-state index is 0.478. The molecule has 0 saturated carbocycles. The Morgan fingerprint density at radius 3 is 2.55 bits per heavy atom. The lowest BCUT2D eigenvalue weighted by Gasteiger charge is -1.98. The Morgan fingerprint density at radius 1 is 1.45 bits per heavy atom. The molecule has 0 atom stereocenters. The molecule has 0 radical (unpaired) electrons. The van der Waals surface area contributed by atoms with Crippen LogP contribution in [0.25, 0.3) is 0 Å². The predicted octanol–water partition coefficient (Wildman–Crippen LogP) is -0.732. The maximum atomic E-state index is 10.6. The smallest absolute Gasteiger partial charge is 0.328 e. The first kappa shape index (κ1) is 9.64. The fourth-order valence-electron chi connectivity index (χ4n) is 0.364. The number of carboxylic acids is 1. The van der Waals surface area contributed by atoms with Gasteiger partial charge in [-0.3, -0.25) is 10.2 Å². The van der Waals surface area contributed by atoms with Crippen LogP contribution in [0.15, 0.2) is 12.2 Å². The van der Waals surface area contributed by atoms with Crippen LogP contribution in [0.3, 0.4) is 0 Å². The number of hydrazine groups is 1. The summed E-state index contributed by atoms with van der Waals surface area (Å²) < 4.78 is 0. The third-order valence-corrected chi connectivity index (χ3v) is 0.766. The SMILES string of the molecule is CCNNC(=O)/C=C/C(=O)O. The molecule has 62 valence electrons. The maximum Gasteiger partial charge on any atom is 0.328 e. The molecule has 0 aliphatic carbocycles. The predicted molar refractivity (Wildman–Crippen MR) is 38.6 cm³/mol. The van der Waals surface area contributed by atoms with E-state index in [-0.39, 0.29) is 0 Å².